The molecule has 0 saturated heterocycles. The van der Waals surface area contributed by atoms with Crippen LogP contribution in [-0.4, -0.2) is 35.9 Å². The van der Waals surface area contributed by atoms with Crippen molar-refractivity contribution < 1.29 is 14.3 Å². The first-order valence-electron chi connectivity index (χ1n) is 9.67. The Morgan fingerprint density at radius 1 is 1.16 bits per heavy atom. The number of rotatable bonds is 7. The van der Waals surface area contributed by atoms with Gasteiger partial charge in [-0.2, -0.15) is 5.10 Å². The molecule has 0 aliphatic heterocycles. The number of benzene rings is 2. The van der Waals surface area contributed by atoms with E-state index in [0.29, 0.717) is 27.3 Å². The number of methoxy groups -OCH3 is 2. The Balaban J connectivity index is 1.49. The van der Waals surface area contributed by atoms with Crippen LogP contribution < -0.4 is 20.5 Å². The van der Waals surface area contributed by atoms with Gasteiger partial charge in [0.1, 0.15) is 22.9 Å². The van der Waals surface area contributed by atoms with Crippen LogP contribution in [0.2, 0.25) is 0 Å². The molecule has 2 heterocycles. The van der Waals surface area contributed by atoms with Gasteiger partial charge in [-0.25, -0.2) is 10.4 Å². The van der Waals surface area contributed by atoms with Crippen molar-refractivity contribution in [2.45, 2.75) is 6.54 Å². The molecule has 0 aliphatic rings. The summed E-state index contributed by atoms with van der Waals surface area (Å²) >= 11 is 1.44. The number of nitrogens with zero attached hydrogens (tertiary/aromatic N) is 3. The van der Waals surface area contributed by atoms with Crippen LogP contribution in [0.15, 0.2) is 70.8 Å². The van der Waals surface area contributed by atoms with Crippen LogP contribution in [0.3, 0.4) is 0 Å². The van der Waals surface area contributed by atoms with Gasteiger partial charge in [-0.15, -0.1) is 11.3 Å². The first-order chi connectivity index (χ1) is 15.6. The van der Waals surface area contributed by atoms with Gasteiger partial charge in [0.25, 0.3) is 11.5 Å². The lowest BCUT2D eigenvalue weighted by molar-refractivity contribution is -0.121. The molecule has 2 aromatic carbocycles. The quantitative estimate of drug-likeness (QED) is 0.346. The third-order valence-corrected chi connectivity index (χ3v) is 5.81. The van der Waals surface area contributed by atoms with Gasteiger partial charge in [-0.3, -0.25) is 14.2 Å². The van der Waals surface area contributed by atoms with Gasteiger partial charge >= 0.3 is 0 Å². The first-order valence-corrected chi connectivity index (χ1v) is 10.5. The largest absolute Gasteiger partial charge is 0.497 e. The fourth-order valence-electron chi connectivity index (χ4n) is 3.12. The Morgan fingerprint density at radius 2 is 1.97 bits per heavy atom. The molecule has 4 aromatic rings. The number of fused-ring (bicyclic) bond motifs is 1. The zero-order valence-corrected chi connectivity index (χ0v) is 18.3. The van der Waals surface area contributed by atoms with Crippen LogP contribution in [0.5, 0.6) is 11.5 Å². The predicted octanol–water partition coefficient (Wildman–Crippen LogP) is 3.29. The van der Waals surface area contributed by atoms with Crippen molar-refractivity contribution in [2.24, 2.45) is 5.10 Å². The number of hydrogen-bond donors (Lipinski definition) is 1. The minimum absolute atomic E-state index is 0.203. The molecule has 0 aliphatic carbocycles. The summed E-state index contributed by atoms with van der Waals surface area (Å²) in [6.45, 7) is -0.203. The molecule has 4 rings (SSSR count). The number of carbonyl (C=O) groups is 1. The number of thiophene rings is 1. The van der Waals surface area contributed by atoms with Crippen molar-refractivity contribution in [2.75, 3.05) is 14.2 Å². The number of hydrazone groups is 1. The van der Waals surface area contributed by atoms with E-state index in [9.17, 15) is 9.59 Å². The van der Waals surface area contributed by atoms with Gasteiger partial charge in [-0.05, 0) is 29.8 Å². The Bertz CT molecular complexity index is 1350. The van der Waals surface area contributed by atoms with E-state index in [2.05, 4.69) is 15.5 Å². The molecule has 0 unspecified atom stereocenters. The maximum Gasteiger partial charge on any atom is 0.262 e. The summed E-state index contributed by atoms with van der Waals surface area (Å²) in [5.74, 6) is 0.765. The SMILES string of the molecule is COc1ccc(OC)c(/C=N/NC(=O)Cn2cnc3sc(-c4ccccc4)cc3c2=O)c1. The number of aromatic nitrogens is 2. The van der Waals surface area contributed by atoms with Gasteiger partial charge < -0.3 is 9.47 Å². The van der Waals surface area contributed by atoms with E-state index in [0.717, 1.165) is 10.4 Å². The molecular weight excluding hydrogens is 428 g/mol. The third-order valence-electron chi connectivity index (χ3n) is 4.72. The standard InChI is InChI=1S/C23H20N4O4S/c1-30-17-8-9-19(31-2)16(10-17)12-25-26-21(28)13-27-14-24-22-18(23(27)29)11-20(32-22)15-6-4-3-5-7-15/h3-12,14H,13H2,1-2H3,(H,26,28)/b25-12+. The molecule has 0 spiro atoms. The van der Waals surface area contributed by atoms with Crippen LogP contribution in [0.25, 0.3) is 20.7 Å². The maximum absolute atomic E-state index is 12.8. The lowest BCUT2D eigenvalue weighted by Crippen LogP contribution is -2.29. The van der Waals surface area contributed by atoms with Gasteiger partial charge in [0.15, 0.2) is 0 Å². The topological polar surface area (TPSA) is 94.8 Å². The summed E-state index contributed by atoms with van der Waals surface area (Å²) in [6.07, 6.45) is 2.83. The minimum atomic E-state index is -0.454. The van der Waals surface area contributed by atoms with E-state index in [1.807, 2.05) is 36.4 Å². The van der Waals surface area contributed by atoms with Crippen molar-refractivity contribution in [3.63, 3.8) is 0 Å². The second kappa shape index (κ2) is 9.44. The zero-order valence-electron chi connectivity index (χ0n) is 17.4. The molecule has 0 atom stereocenters. The second-order valence-corrected chi connectivity index (χ2v) is 7.80. The molecule has 32 heavy (non-hydrogen) atoms. The highest BCUT2D eigenvalue weighted by molar-refractivity contribution is 7.21. The molecule has 0 bridgehead atoms. The Hall–Kier alpha value is -3.98. The van der Waals surface area contributed by atoms with Crippen molar-refractivity contribution in [1.29, 1.82) is 0 Å². The van der Waals surface area contributed by atoms with E-state index < -0.39 is 5.91 Å². The zero-order chi connectivity index (χ0) is 22.5. The fraction of sp³-hybridized carbons (Fsp3) is 0.130. The summed E-state index contributed by atoms with van der Waals surface area (Å²) in [5.41, 5.74) is 3.80. The van der Waals surface area contributed by atoms with Crippen molar-refractivity contribution >= 4 is 33.7 Å². The molecule has 162 valence electrons. The highest BCUT2D eigenvalue weighted by Crippen LogP contribution is 2.30. The van der Waals surface area contributed by atoms with Crippen LogP contribution in [0, 0.1) is 0 Å². The van der Waals surface area contributed by atoms with E-state index in [1.165, 1.54) is 28.4 Å². The number of ether oxygens (including phenoxy) is 2. The van der Waals surface area contributed by atoms with Crippen LogP contribution >= 0.6 is 11.3 Å². The molecule has 1 N–H and O–H groups in total. The first kappa shape index (κ1) is 21.3. The lowest BCUT2D eigenvalue weighted by Gasteiger charge is -2.07. The smallest absolute Gasteiger partial charge is 0.262 e. The average molecular weight is 449 g/mol. The number of nitrogens with one attached hydrogen (secondary N) is 1. The Morgan fingerprint density at radius 3 is 2.72 bits per heavy atom. The number of amides is 1. The third kappa shape index (κ3) is 4.52. The monoisotopic (exact) mass is 448 g/mol. The average Bonchev–Trinajstić information content (AvgIpc) is 3.27. The molecular formula is C23H20N4O4S. The van der Waals surface area contributed by atoms with Crippen molar-refractivity contribution in [3.8, 4) is 21.9 Å². The molecule has 0 fully saturated rings. The van der Waals surface area contributed by atoms with E-state index in [1.54, 1.807) is 32.4 Å². The number of hydrogen-bond acceptors (Lipinski definition) is 7. The van der Waals surface area contributed by atoms with E-state index in [4.69, 9.17) is 9.47 Å². The summed E-state index contributed by atoms with van der Waals surface area (Å²) in [5, 5.41) is 4.44. The van der Waals surface area contributed by atoms with Crippen LogP contribution in [-0.2, 0) is 11.3 Å². The molecule has 9 heteroatoms. The summed E-state index contributed by atoms with van der Waals surface area (Å²) in [6, 6.07) is 16.8. The van der Waals surface area contributed by atoms with Crippen LogP contribution in [0.1, 0.15) is 5.56 Å². The molecule has 8 nitrogen and oxygen atoms in total. The molecule has 1 amide bonds. The predicted molar refractivity (Wildman–Crippen MR) is 125 cm³/mol. The van der Waals surface area contributed by atoms with Crippen molar-refractivity contribution in [3.05, 3.63) is 76.8 Å². The summed E-state index contributed by atoms with van der Waals surface area (Å²) in [7, 11) is 3.10. The van der Waals surface area contributed by atoms with E-state index >= 15 is 0 Å². The highest BCUT2D eigenvalue weighted by atomic mass is 32.1. The fourth-order valence-corrected chi connectivity index (χ4v) is 4.12. The minimum Gasteiger partial charge on any atom is -0.497 e. The lowest BCUT2D eigenvalue weighted by atomic mass is 10.2. The summed E-state index contributed by atoms with van der Waals surface area (Å²) < 4.78 is 11.7. The summed E-state index contributed by atoms with van der Waals surface area (Å²) in [4.78, 5) is 31.1. The maximum atomic E-state index is 12.8. The Labute approximate surface area is 187 Å². The highest BCUT2D eigenvalue weighted by Gasteiger charge is 2.12. The molecule has 2 aromatic heterocycles. The second-order valence-electron chi connectivity index (χ2n) is 6.77. The van der Waals surface area contributed by atoms with Gasteiger partial charge in [0, 0.05) is 10.4 Å². The van der Waals surface area contributed by atoms with Gasteiger partial charge in [0.2, 0.25) is 0 Å². The van der Waals surface area contributed by atoms with Gasteiger partial charge in [0.05, 0.1) is 32.1 Å². The van der Waals surface area contributed by atoms with Crippen molar-refractivity contribution in [1.82, 2.24) is 15.0 Å². The van der Waals surface area contributed by atoms with Gasteiger partial charge in [-0.1, -0.05) is 30.3 Å². The Kier molecular flexibility index (Phi) is 6.27. The molecule has 0 saturated carbocycles. The van der Waals surface area contributed by atoms with Crippen LogP contribution in [0.4, 0.5) is 0 Å². The number of carbonyl (C=O) groups excluding carboxylic acids is 1. The van der Waals surface area contributed by atoms with E-state index in [-0.39, 0.29) is 12.1 Å². The molecule has 0 radical (unpaired) electrons. The normalized spacial score (nSPS) is 11.1.